The fourth-order valence-electron chi connectivity index (χ4n) is 4.60. The van der Waals surface area contributed by atoms with Gasteiger partial charge in [0, 0.05) is 38.1 Å². The molecule has 120 valence electrons. The van der Waals surface area contributed by atoms with Crippen LogP contribution in [0.2, 0.25) is 0 Å². The molecule has 0 unspecified atom stereocenters. The molecule has 3 nitrogen and oxygen atoms in total. The highest BCUT2D eigenvalue weighted by Gasteiger charge is 2.39. The molecule has 1 spiro atoms. The number of benzene rings is 1. The molecule has 1 aliphatic carbocycles. The van der Waals surface area contributed by atoms with Gasteiger partial charge < -0.3 is 10.1 Å². The van der Waals surface area contributed by atoms with Crippen molar-refractivity contribution in [3.8, 4) is 5.75 Å². The average molecular weight is 300 g/mol. The highest BCUT2D eigenvalue weighted by atomic mass is 16.5. The van der Waals surface area contributed by atoms with E-state index in [9.17, 15) is 0 Å². The summed E-state index contributed by atoms with van der Waals surface area (Å²) in [6, 6.07) is 6.81. The van der Waals surface area contributed by atoms with Gasteiger partial charge in [0.25, 0.3) is 0 Å². The minimum absolute atomic E-state index is 0.455. The Balaban J connectivity index is 1.43. The fourth-order valence-corrected chi connectivity index (χ4v) is 4.60. The van der Waals surface area contributed by atoms with Gasteiger partial charge in [-0.15, -0.1) is 0 Å². The molecule has 3 aliphatic rings. The first kappa shape index (κ1) is 14.5. The van der Waals surface area contributed by atoms with Crippen molar-refractivity contribution in [2.75, 3.05) is 32.8 Å². The number of nitrogens with one attached hydrogen (secondary N) is 1. The van der Waals surface area contributed by atoms with E-state index in [-0.39, 0.29) is 0 Å². The maximum Gasteiger partial charge on any atom is 0.122 e. The molecule has 3 heteroatoms. The zero-order chi connectivity index (χ0) is 14.8. The molecule has 0 atom stereocenters. The van der Waals surface area contributed by atoms with Crippen molar-refractivity contribution in [2.45, 2.75) is 50.5 Å². The summed E-state index contributed by atoms with van der Waals surface area (Å²) in [5.74, 6) is 1.11. The first-order chi connectivity index (χ1) is 10.9. The van der Waals surface area contributed by atoms with Gasteiger partial charge in [0.05, 0.1) is 6.61 Å². The zero-order valence-electron chi connectivity index (χ0n) is 13.6. The van der Waals surface area contributed by atoms with Gasteiger partial charge in [0.2, 0.25) is 0 Å². The van der Waals surface area contributed by atoms with Gasteiger partial charge >= 0.3 is 0 Å². The molecule has 0 bridgehead atoms. The Bertz CT molecular complexity index is 514. The molecule has 2 aliphatic heterocycles. The number of piperazine rings is 1. The van der Waals surface area contributed by atoms with Crippen LogP contribution in [-0.2, 0) is 12.8 Å². The van der Waals surface area contributed by atoms with Crippen molar-refractivity contribution >= 4 is 0 Å². The summed E-state index contributed by atoms with van der Waals surface area (Å²) in [5.41, 5.74) is 3.34. The van der Waals surface area contributed by atoms with E-state index in [0.29, 0.717) is 5.54 Å². The lowest BCUT2D eigenvalue weighted by Crippen LogP contribution is -2.62. The summed E-state index contributed by atoms with van der Waals surface area (Å²) in [7, 11) is 0. The molecule has 1 N–H and O–H groups in total. The van der Waals surface area contributed by atoms with Crippen molar-refractivity contribution in [3.05, 3.63) is 29.3 Å². The maximum absolute atomic E-state index is 5.62. The molecule has 1 saturated heterocycles. The monoisotopic (exact) mass is 300 g/mol. The van der Waals surface area contributed by atoms with Crippen LogP contribution in [0.4, 0.5) is 0 Å². The van der Waals surface area contributed by atoms with Crippen molar-refractivity contribution < 1.29 is 4.74 Å². The SMILES string of the molecule is c1cc2c(cc1CCN1CCNCC13CCCCC3)CCO2. The lowest BCUT2D eigenvalue weighted by molar-refractivity contribution is 0.0286. The van der Waals surface area contributed by atoms with Gasteiger partial charge in [-0.1, -0.05) is 31.4 Å². The molecule has 2 fully saturated rings. The highest BCUT2D eigenvalue weighted by molar-refractivity contribution is 5.39. The fraction of sp³-hybridized carbons (Fsp3) is 0.684. The van der Waals surface area contributed by atoms with Gasteiger partial charge in [-0.3, -0.25) is 4.90 Å². The number of nitrogens with zero attached hydrogens (tertiary/aromatic N) is 1. The first-order valence-corrected chi connectivity index (χ1v) is 9.06. The van der Waals surface area contributed by atoms with Crippen LogP contribution in [0.15, 0.2) is 18.2 Å². The predicted octanol–water partition coefficient (Wildman–Crippen LogP) is 2.77. The summed E-state index contributed by atoms with van der Waals surface area (Å²) < 4.78 is 5.62. The minimum Gasteiger partial charge on any atom is -0.493 e. The van der Waals surface area contributed by atoms with Gasteiger partial charge in [0.1, 0.15) is 5.75 Å². The Kier molecular flexibility index (Phi) is 4.10. The molecule has 0 radical (unpaired) electrons. The van der Waals surface area contributed by atoms with Crippen LogP contribution in [0.1, 0.15) is 43.2 Å². The van der Waals surface area contributed by atoms with Crippen molar-refractivity contribution in [3.63, 3.8) is 0 Å². The van der Waals surface area contributed by atoms with E-state index in [1.807, 2.05) is 0 Å². The van der Waals surface area contributed by atoms with E-state index < -0.39 is 0 Å². The van der Waals surface area contributed by atoms with Gasteiger partial charge in [-0.25, -0.2) is 0 Å². The Hall–Kier alpha value is -1.06. The molecule has 22 heavy (non-hydrogen) atoms. The summed E-state index contributed by atoms with van der Waals surface area (Å²) >= 11 is 0. The first-order valence-electron chi connectivity index (χ1n) is 9.06. The molecular weight excluding hydrogens is 272 g/mol. The molecule has 1 aromatic rings. The van der Waals surface area contributed by atoms with Crippen molar-refractivity contribution in [2.24, 2.45) is 0 Å². The molecular formula is C19H28N2O. The molecule has 1 aromatic carbocycles. The number of rotatable bonds is 3. The van der Waals surface area contributed by atoms with E-state index in [2.05, 4.69) is 28.4 Å². The molecule has 0 aromatic heterocycles. The third-order valence-electron chi connectivity index (χ3n) is 5.89. The van der Waals surface area contributed by atoms with Crippen LogP contribution in [-0.4, -0.2) is 43.2 Å². The van der Waals surface area contributed by atoms with Gasteiger partial charge in [-0.05, 0) is 36.5 Å². The van der Waals surface area contributed by atoms with Crippen molar-refractivity contribution in [1.82, 2.24) is 10.2 Å². The van der Waals surface area contributed by atoms with E-state index in [0.717, 1.165) is 25.3 Å². The Morgan fingerprint density at radius 2 is 2.09 bits per heavy atom. The molecule has 2 heterocycles. The third-order valence-corrected chi connectivity index (χ3v) is 5.89. The lowest BCUT2D eigenvalue weighted by atomic mass is 9.79. The second-order valence-corrected chi connectivity index (χ2v) is 7.24. The Morgan fingerprint density at radius 1 is 1.18 bits per heavy atom. The van der Waals surface area contributed by atoms with Crippen LogP contribution >= 0.6 is 0 Å². The minimum atomic E-state index is 0.455. The normalized spacial score (nSPS) is 24.2. The average Bonchev–Trinajstić information content (AvgIpc) is 3.03. The van der Waals surface area contributed by atoms with Gasteiger partial charge in [-0.2, -0.15) is 0 Å². The second kappa shape index (κ2) is 6.21. The summed E-state index contributed by atoms with van der Waals surface area (Å²) in [6.07, 6.45) is 9.29. The largest absolute Gasteiger partial charge is 0.493 e. The number of hydrogen-bond acceptors (Lipinski definition) is 3. The smallest absolute Gasteiger partial charge is 0.122 e. The van der Waals surface area contributed by atoms with Crippen LogP contribution in [0.3, 0.4) is 0 Å². The molecule has 4 rings (SSSR count). The zero-order valence-corrected chi connectivity index (χ0v) is 13.6. The standard InChI is InChI=1S/C19H28N2O/c1-2-8-19(9-3-1)15-20-10-12-21(19)11-6-16-4-5-18-17(14-16)7-13-22-18/h4-5,14,20H,1-3,6-13,15H2. The van der Waals surface area contributed by atoms with Crippen LogP contribution in [0, 0.1) is 0 Å². The van der Waals surface area contributed by atoms with E-state index in [1.54, 1.807) is 0 Å². The van der Waals surface area contributed by atoms with E-state index >= 15 is 0 Å². The van der Waals surface area contributed by atoms with E-state index in [1.165, 1.54) is 69.3 Å². The molecule has 1 saturated carbocycles. The van der Waals surface area contributed by atoms with Crippen molar-refractivity contribution in [1.29, 1.82) is 0 Å². The van der Waals surface area contributed by atoms with Crippen LogP contribution in [0.5, 0.6) is 5.75 Å². The van der Waals surface area contributed by atoms with Crippen LogP contribution in [0.25, 0.3) is 0 Å². The Labute approximate surface area is 134 Å². The highest BCUT2D eigenvalue weighted by Crippen LogP contribution is 2.35. The number of fused-ring (bicyclic) bond motifs is 1. The summed E-state index contributed by atoms with van der Waals surface area (Å²) in [6.45, 7) is 5.64. The lowest BCUT2D eigenvalue weighted by Gasteiger charge is -2.50. The third kappa shape index (κ3) is 2.77. The Morgan fingerprint density at radius 3 is 3.00 bits per heavy atom. The van der Waals surface area contributed by atoms with Gasteiger partial charge in [0.15, 0.2) is 0 Å². The maximum atomic E-state index is 5.62. The van der Waals surface area contributed by atoms with E-state index in [4.69, 9.17) is 4.74 Å². The summed E-state index contributed by atoms with van der Waals surface area (Å²) in [5, 5.41) is 3.65. The predicted molar refractivity (Wildman–Crippen MR) is 89.6 cm³/mol. The number of ether oxygens (including phenoxy) is 1. The number of hydrogen-bond donors (Lipinski definition) is 1. The second-order valence-electron chi connectivity index (χ2n) is 7.24. The van der Waals surface area contributed by atoms with Crippen LogP contribution < -0.4 is 10.1 Å². The topological polar surface area (TPSA) is 24.5 Å². The molecule has 0 amide bonds. The quantitative estimate of drug-likeness (QED) is 0.929. The summed E-state index contributed by atoms with van der Waals surface area (Å²) in [4.78, 5) is 2.80.